The van der Waals surface area contributed by atoms with Crippen molar-refractivity contribution in [2.24, 2.45) is 5.73 Å². The summed E-state index contributed by atoms with van der Waals surface area (Å²) in [6.45, 7) is 2.39. The maximum absolute atomic E-state index is 13.2. The Hall–Kier alpha value is -1.42. The van der Waals surface area contributed by atoms with E-state index in [1.807, 2.05) is 6.07 Å². The van der Waals surface area contributed by atoms with Gasteiger partial charge in [0.1, 0.15) is 5.82 Å². The molecule has 2 atom stereocenters. The molecule has 1 saturated heterocycles. The Balaban J connectivity index is 2.23. The highest BCUT2D eigenvalue weighted by atomic mass is 19.1. The molecule has 0 aromatic heterocycles. The molecule has 1 fully saturated rings. The standard InChI is InChI=1S/C13H17FN2O/c1-9(15)13(17)16-7-3-6-12(16)10-4-2-5-11(14)8-10/h2,4-5,8-9,12H,3,6-7,15H2,1H3/t9-,12?/m0/s1. The van der Waals surface area contributed by atoms with Crippen LogP contribution in [0, 0.1) is 5.82 Å². The molecule has 2 rings (SSSR count). The van der Waals surface area contributed by atoms with Crippen molar-refractivity contribution in [1.82, 2.24) is 4.90 Å². The number of nitrogens with two attached hydrogens (primary N) is 1. The lowest BCUT2D eigenvalue weighted by atomic mass is 10.0. The third-order valence-electron chi connectivity index (χ3n) is 3.16. The molecule has 92 valence electrons. The summed E-state index contributed by atoms with van der Waals surface area (Å²) in [5, 5.41) is 0. The first kappa shape index (κ1) is 12.0. The molecular weight excluding hydrogens is 219 g/mol. The summed E-state index contributed by atoms with van der Waals surface area (Å²) >= 11 is 0. The van der Waals surface area contributed by atoms with E-state index in [1.165, 1.54) is 12.1 Å². The molecule has 0 aliphatic carbocycles. The van der Waals surface area contributed by atoms with E-state index in [2.05, 4.69) is 0 Å². The second kappa shape index (κ2) is 4.84. The second-order valence-electron chi connectivity index (χ2n) is 4.53. The molecule has 1 aromatic rings. The van der Waals surface area contributed by atoms with Gasteiger partial charge in [-0.1, -0.05) is 12.1 Å². The number of carbonyl (C=O) groups is 1. The predicted molar refractivity (Wildman–Crippen MR) is 63.7 cm³/mol. The lowest BCUT2D eigenvalue weighted by Crippen LogP contribution is -2.41. The van der Waals surface area contributed by atoms with Gasteiger partial charge in [-0.2, -0.15) is 0 Å². The second-order valence-corrected chi connectivity index (χ2v) is 4.53. The quantitative estimate of drug-likeness (QED) is 0.851. The van der Waals surface area contributed by atoms with Crippen LogP contribution in [0.4, 0.5) is 4.39 Å². The Bertz CT molecular complexity index is 420. The fraction of sp³-hybridized carbons (Fsp3) is 0.462. The monoisotopic (exact) mass is 236 g/mol. The van der Waals surface area contributed by atoms with Crippen molar-refractivity contribution in [3.63, 3.8) is 0 Å². The van der Waals surface area contributed by atoms with Gasteiger partial charge in [0.15, 0.2) is 0 Å². The third kappa shape index (κ3) is 2.47. The fourth-order valence-corrected chi connectivity index (χ4v) is 2.35. The minimum absolute atomic E-state index is 0.0239. The van der Waals surface area contributed by atoms with Crippen LogP contribution in [0.2, 0.25) is 0 Å². The van der Waals surface area contributed by atoms with Crippen molar-refractivity contribution >= 4 is 5.91 Å². The van der Waals surface area contributed by atoms with Crippen LogP contribution < -0.4 is 5.73 Å². The molecule has 1 heterocycles. The molecule has 2 N–H and O–H groups in total. The average Bonchev–Trinajstić information content (AvgIpc) is 2.76. The predicted octanol–water partition coefficient (Wildman–Crippen LogP) is 1.84. The summed E-state index contributed by atoms with van der Waals surface area (Å²) in [5.74, 6) is -0.320. The largest absolute Gasteiger partial charge is 0.334 e. The van der Waals surface area contributed by atoms with Crippen molar-refractivity contribution in [2.75, 3.05) is 6.54 Å². The van der Waals surface area contributed by atoms with Crippen molar-refractivity contribution in [3.05, 3.63) is 35.6 Å². The number of hydrogen-bond acceptors (Lipinski definition) is 2. The van der Waals surface area contributed by atoms with Crippen LogP contribution in [0.1, 0.15) is 31.4 Å². The van der Waals surface area contributed by atoms with Gasteiger partial charge >= 0.3 is 0 Å². The Kier molecular flexibility index (Phi) is 3.43. The zero-order valence-corrected chi connectivity index (χ0v) is 9.90. The van der Waals surface area contributed by atoms with Gasteiger partial charge < -0.3 is 10.6 Å². The Labute approximate surface area is 100 Å². The number of halogens is 1. The van der Waals surface area contributed by atoms with Crippen molar-refractivity contribution in [3.8, 4) is 0 Å². The molecule has 0 bridgehead atoms. The van der Waals surface area contributed by atoms with Gasteiger partial charge in [0.2, 0.25) is 5.91 Å². The van der Waals surface area contributed by atoms with Crippen LogP contribution in [0.5, 0.6) is 0 Å². The van der Waals surface area contributed by atoms with Crippen molar-refractivity contribution in [1.29, 1.82) is 0 Å². The lowest BCUT2D eigenvalue weighted by molar-refractivity contribution is -0.133. The first-order valence-corrected chi connectivity index (χ1v) is 5.91. The SMILES string of the molecule is C[C@H](N)C(=O)N1CCCC1c1cccc(F)c1. The first-order chi connectivity index (χ1) is 8.09. The third-order valence-corrected chi connectivity index (χ3v) is 3.16. The number of nitrogens with zero attached hydrogens (tertiary/aromatic N) is 1. The number of benzene rings is 1. The molecule has 1 aliphatic heterocycles. The number of carbonyl (C=O) groups excluding carboxylic acids is 1. The molecule has 0 spiro atoms. The summed E-state index contributed by atoms with van der Waals surface area (Å²) in [7, 11) is 0. The molecule has 1 aromatic carbocycles. The molecule has 4 heteroatoms. The van der Waals surface area contributed by atoms with Crippen LogP contribution in [0.25, 0.3) is 0 Å². The number of rotatable bonds is 2. The van der Waals surface area contributed by atoms with Gasteiger partial charge in [0.25, 0.3) is 0 Å². The summed E-state index contributed by atoms with van der Waals surface area (Å²) in [6.07, 6.45) is 1.82. The normalized spacial score (nSPS) is 21.6. The topological polar surface area (TPSA) is 46.3 Å². The van der Waals surface area contributed by atoms with E-state index in [4.69, 9.17) is 5.73 Å². The molecule has 0 saturated carbocycles. The maximum atomic E-state index is 13.2. The van der Waals surface area contributed by atoms with Crippen LogP contribution in [-0.4, -0.2) is 23.4 Å². The van der Waals surface area contributed by atoms with E-state index in [1.54, 1.807) is 17.9 Å². The molecule has 1 amide bonds. The smallest absolute Gasteiger partial charge is 0.239 e. The Morgan fingerprint density at radius 2 is 2.35 bits per heavy atom. The molecular formula is C13H17FN2O. The van der Waals surface area contributed by atoms with Crippen LogP contribution in [0.3, 0.4) is 0 Å². The van der Waals surface area contributed by atoms with Gasteiger partial charge in [0.05, 0.1) is 12.1 Å². The van der Waals surface area contributed by atoms with Gasteiger partial charge in [-0.05, 0) is 37.5 Å². The number of amides is 1. The summed E-state index contributed by atoms with van der Waals surface area (Å²) in [6, 6.07) is 5.93. The lowest BCUT2D eigenvalue weighted by Gasteiger charge is -2.26. The summed E-state index contributed by atoms with van der Waals surface area (Å²) in [4.78, 5) is 13.7. The zero-order chi connectivity index (χ0) is 12.4. The molecule has 3 nitrogen and oxygen atoms in total. The summed E-state index contributed by atoms with van der Waals surface area (Å²) in [5.41, 5.74) is 6.48. The Morgan fingerprint density at radius 3 is 3.00 bits per heavy atom. The molecule has 1 aliphatic rings. The van der Waals surface area contributed by atoms with Crippen LogP contribution in [0.15, 0.2) is 24.3 Å². The summed E-state index contributed by atoms with van der Waals surface area (Å²) < 4.78 is 13.2. The maximum Gasteiger partial charge on any atom is 0.239 e. The number of likely N-dealkylation sites (tertiary alicyclic amines) is 1. The zero-order valence-electron chi connectivity index (χ0n) is 9.90. The van der Waals surface area contributed by atoms with E-state index in [0.29, 0.717) is 6.54 Å². The molecule has 0 radical (unpaired) electrons. The van der Waals surface area contributed by atoms with Crippen LogP contribution in [-0.2, 0) is 4.79 Å². The van der Waals surface area contributed by atoms with E-state index >= 15 is 0 Å². The molecule has 1 unspecified atom stereocenters. The van der Waals surface area contributed by atoms with Crippen molar-refractivity contribution in [2.45, 2.75) is 31.8 Å². The van der Waals surface area contributed by atoms with Crippen molar-refractivity contribution < 1.29 is 9.18 Å². The van der Waals surface area contributed by atoms with E-state index < -0.39 is 6.04 Å². The highest BCUT2D eigenvalue weighted by Crippen LogP contribution is 2.32. The van der Waals surface area contributed by atoms with Crippen LogP contribution >= 0.6 is 0 Å². The van der Waals surface area contributed by atoms with E-state index in [9.17, 15) is 9.18 Å². The van der Waals surface area contributed by atoms with E-state index in [0.717, 1.165) is 18.4 Å². The molecule has 17 heavy (non-hydrogen) atoms. The van der Waals surface area contributed by atoms with Gasteiger partial charge in [-0.25, -0.2) is 4.39 Å². The van der Waals surface area contributed by atoms with E-state index in [-0.39, 0.29) is 17.8 Å². The average molecular weight is 236 g/mol. The fourth-order valence-electron chi connectivity index (χ4n) is 2.35. The highest BCUT2D eigenvalue weighted by molar-refractivity contribution is 5.81. The van der Waals surface area contributed by atoms with Gasteiger partial charge in [0, 0.05) is 6.54 Å². The first-order valence-electron chi connectivity index (χ1n) is 5.91. The minimum atomic E-state index is -0.496. The number of hydrogen-bond donors (Lipinski definition) is 1. The minimum Gasteiger partial charge on any atom is -0.334 e. The van der Waals surface area contributed by atoms with Gasteiger partial charge in [-0.15, -0.1) is 0 Å². The Morgan fingerprint density at radius 1 is 1.59 bits per heavy atom. The highest BCUT2D eigenvalue weighted by Gasteiger charge is 2.31. The van der Waals surface area contributed by atoms with Gasteiger partial charge in [-0.3, -0.25) is 4.79 Å².